The summed E-state index contributed by atoms with van der Waals surface area (Å²) in [5.41, 5.74) is -0.743. The van der Waals surface area contributed by atoms with Crippen molar-refractivity contribution in [3.05, 3.63) is 0 Å². The third-order valence-electron chi connectivity index (χ3n) is 4.88. The van der Waals surface area contributed by atoms with E-state index in [9.17, 15) is 14.7 Å². The van der Waals surface area contributed by atoms with Gasteiger partial charge in [-0.1, -0.05) is 0 Å². The Hall–Kier alpha value is -1.14. The van der Waals surface area contributed by atoms with Gasteiger partial charge in [0.1, 0.15) is 5.60 Å². The van der Waals surface area contributed by atoms with Crippen LogP contribution in [-0.4, -0.2) is 48.9 Å². The van der Waals surface area contributed by atoms with Crippen molar-refractivity contribution in [1.82, 2.24) is 5.32 Å². The molecule has 1 saturated heterocycles. The lowest BCUT2D eigenvalue weighted by Gasteiger charge is -2.31. The van der Waals surface area contributed by atoms with E-state index in [1.165, 1.54) is 0 Å². The molecule has 1 aliphatic heterocycles. The number of carbonyl (C=O) groups excluding carboxylic acids is 1. The minimum absolute atomic E-state index is 0.0678. The molecule has 0 aromatic heterocycles. The van der Waals surface area contributed by atoms with Crippen LogP contribution in [0.25, 0.3) is 0 Å². The summed E-state index contributed by atoms with van der Waals surface area (Å²) in [6, 6.07) is 0. The topological polar surface area (TPSA) is 84.9 Å². The Labute approximate surface area is 131 Å². The van der Waals surface area contributed by atoms with E-state index in [0.717, 1.165) is 38.5 Å². The molecular weight excluding hydrogens is 286 g/mol. The van der Waals surface area contributed by atoms with E-state index in [1.54, 1.807) is 0 Å². The zero-order valence-corrected chi connectivity index (χ0v) is 13.3. The molecule has 0 aromatic carbocycles. The first-order chi connectivity index (χ1) is 10.6. The highest BCUT2D eigenvalue weighted by Gasteiger charge is 2.42. The van der Waals surface area contributed by atoms with Gasteiger partial charge in [-0.3, -0.25) is 9.59 Å². The van der Waals surface area contributed by atoms with E-state index in [0.29, 0.717) is 19.8 Å². The summed E-state index contributed by atoms with van der Waals surface area (Å²) < 4.78 is 11.0. The van der Waals surface area contributed by atoms with Crippen LogP contribution in [0.3, 0.4) is 0 Å². The van der Waals surface area contributed by atoms with Crippen molar-refractivity contribution in [2.45, 2.75) is 51.0 Å². The molecular formula is C16H27NO5. The quantitative estimate of drug-likeness (QED) is 0.745. The fourth-order valence-corrected chi connectivity index (χ4v) is 3.60. The zero-order chi connectivity index (χ0) is 16.0. The van der Waals surface area contributed by atoms with Gasteiger partial charge in [-0.25, -0.2) is 0 Å². The summed E-state index contributed by atoms with van der Waals surface area (Å²) in [6.45, 7) is 3.76. The number of hydrogen-bond donors (Lipinski definition) is 2. The lowest BCUT2D eigenvalue weighted by molar-refractivity contribution is -0.148. The molecule has 6 heteroatoms. The predicted molar refractivity (Wildman–Crippen MR) is 80.5 cm³/mol. The van der Waals surface area contributed by atoms with Crippen molar-refractivity contribution in [3.63, 3.8) is 0 Å². The van der Waals surface area contributed by atoms with Crippen LogP contribution < -0.4 is 5.32 Å². The Kier molecular flexibility index (Phi) is 6.20. The number of nitrogens with one attached hydrogen (secondary N) is 1. The van der Waals surface area contributed by atoms with E-state index in [-0.39, 0.29) is 18.4 Å². The maximum Gasteiger partial charge on any atom is 0.308 e. The maximum atomic E-state index is 12.5. The van der Waals surface area contributed by atoms with Crippen molar-refractivity contribution >= 4 is 11.9 Å². The Morgan fingerprint density at radius 3 is 2.50 bits per heavy atom. The highest BCUT2D eigenvalue weighted by molar-refractivity contribution is 5.86. The summed E-state index contributed by atoms with van der Waals surface area (Å²) >= 11 is 0. The Balaban J connectivity index is 1.93. The fourth-order valence-electron chi connectivity index (χ4n) is 3.60. The lowest BCUT2D eigenvalue weighted by Crippen LogP contribution is -2.49. The molecule has 0 spiro atoms. The van der Waals surface area contributed by atoms with Crippen molar-refractivity contribution in [3.8, 4) is 0 Å². The number of ether oxygens (including phenoxy) is 2. The number of aliphatic carboxylic acids is 1. The van der Waals surface area contributed by atoms with E-state index >= 15 is 0 Å². The molecule has 0 aromatic rings. The van der Waals surface area contributed by atoms with Crippen molar-refractivity contribution in [2.24, 2.45) is 11.8 Å². The smallest absolute Gasteiger partial charge is 0.308 e. The van der Waals surface area contributed by atoms with E-state index in [2.05, 4.69) is 5.32 Å². The minimum atomic E-state index is -0.843. The van der Waals surface area contributed by atoms with E-state index in [1.807, 2.05) is 6.92 Å². The van der Waals surface area contributed by atoms with E-state index in [4.69, 9.17) is 9.47 Å². The van der Waals surface area contributed by atoms with Crippen LogP contribution in [0.2, 0.25) is 0 Å². The molecule has 2 N–H and O–H groups in total. The lowest BCUT2D eigenvalue weighted by atomic mass is 9.85. The second-order valence-electron chi connectivity index (χ2n) is 6.24. The van der Waals surface area contributed by atoms with Gasteiger partial charge in [-0.15, -0.1) is 0 Å². The number of carbonyl (C=O) groups is 2. The Morgan fingerprint density at radius 1 is 1.32 bits per heavy atom. The molecule has 6 nitrogen and oxygen atoms in total. The molecule has 1 heterocycles. The molecule has 1 atom stereocenters. The van der Waals surface area contributed by atoms with Gasteiger partial charge in [0, 0.05) is 26.4 Å². The van der Waals surface area contributed by atoms with Crippen LogP contribution in [0.1, 0.15) is 45.4 Å². The van der Waals surface area contributed by atoms with Gasteiger partial charge in [-0.2, -0.15) is 0 Å². The number of carboxylic acid groups (broad SMARTS) is 1. The Morgan fingerprint density at radius 2 is 1.95 bits per heavy atom. The van der Waals surface area contributed by atoms with Gasteiger partial charge in [-0.05, 0) is 51.4 Å². The summed E-state index contributed by atoms with van der Waals surface area (Å²) in [7, 11) is 0. The third kappa shape index (κ3) is 3.98. The first-order valence-corrected chi connectivity index (χ1v) is 8.32. The van der Waals surface area contributed by atoms with Crippen LogP contribution in [0, 0.1) is 11.8 Å². The standard InChI is InChI=1S/C16H27NO5/c1-2-22-16(7-3-4-8-16)15(20)17-11-13(14(18)19)12-5-9-21-10-6-12/h12-13H,2-11H2,1H3,(H,17,20)(H,18,19). The predicted octanol–water partition coefficient (Wildman–Crippen LogP) is 1.58. The van der Waals surface area contributed by atoms with Gasteiger partial charge in [0.05, 0.1) is 5.92 Å². The molecule has 126 valence electrons. The number of amides is 1. The highest BCUT2D eigenvalue weighted by atomic mass is 16.5. The third-order valence-corrected chi connectivity index (χ3v) is 4.88. The van der Waals surface area contributed by atoms with Gasteiger partial charge >= 0.3 is 5.97 Å². The molecule has 1 aliphatic carbocycles. The van der Waals surface area contributed by atoms with Crippen LogP contribution in [0.5, 0.6) is 0 Å². The van der Waals surface area contributed by atoms with Crippen molar-refractivity contribution < 1.29 is 24.2 Å². The molecule has 2 fully saturated rings. The maximum absolute atomic E-state index is 12.5. The normalized spacial score (nSPS) is 23.1. The summed E-state index contributed by atoms with van der Waals surface area (Å²) in [6.07, 6.45) is 4.89. The van der Waals surface area contributed by atoms with Crippen LogP contribution in [0.4, 0.5) is 0 Å². The largest absolute Gasteiger partial charge is 0.481 e. The van der Waals surface area contributed by atoms with E-state index < -0.39 is 17.5 Å². The Bertz CT molecular complexity index is 386. The van der Waals surface area contributed by atoms with Crippen molar-refractivity contribution in [1.29, 1.82) is 0 Å². The first kappa shape index (κ1) is 17.2. The van der Waals surface area contributed by atoms with Crippen LogP contribution in [0.15, 0.2) is 0 Å². The molecule has 22 heavy (non-hydrogen) atoms. The second kappa shape index (κ2) is 7.92. The number of carboxylic acids is 1. The zero-order valence-electron chi connectivity index (χ0n) is 13.3. The van der Waals surface area contributed by atoms with Crippen LogP contribution in [-0.2, 0) is 19.1 Å². The molecule has 2 rings (SSSR count). The monoisotopic (exact) mass is 313 g/mol. The molecule has 1 unspecified atom stereocenters. The average molecular weight is 313 g/mol. The van der Waals surface area contributed by atoms with Gasteiger partial charge in [0.2, 0.25) is 0 Å². The minimum Gasteiger partial charge on any atom is -0.481 e. The van der Waals surface area contributed by atoms with Crippen LogP contribution >= 0.6 is 0 Å². The van der Waals surface area contributed by atoms with Gasteiger partial charge in [0.25, 0.3) is 5.91 Å². The summed E-state index contributed by atoms with van der Waals surface area (Å²) in [4.78, 5) is 24.0. The molecule has 2 aliphatic rings. The highest BCUT2D eigenvalue weighted by Crippen LogP contribution is 2.33. The molecule has 0 radical (unpaired) electrons. The summed E-state index contributed by atoms with van der Waals surface area (Å²) in [5.74, 6) is -1.47. The van der Waals surface area contributed by atoms with Crippen molar-refractivity contribution in [2.75, 3.05) is 26.4 Å². The summed E-state index contributed by atoms with van der Waals surface area (Å²) in [5, 5.41) is 12.3. The first-order valence-electron chi connectivity index (χ1n) is 8.32. The van der Waals surface area contributed by atoms with Gasteiger partial charge < -0.3 is 19.9 Å². The number of hydrogen-bond acceptors (Lipinski definition) is 4. The number of rotatable bonds is 7. The molecule has 1 amide bonds. The SMILES string of the molecule is CCOC1(C(=O)NCC(C(=O)O)C2CCOCC2)CCCC1. The average Bonchev–Trinajstić information content (AvgIpc) is 2.98. The second-order valence-corrected chi connectivity index (χ2v) is 6.24. The molecule has 1 saturated carbocycles. The van der Waals surface area contributed by atoms with Gasteiger partial charge in [0.15, 0.2) is 0 Å². The fraction of sp³-hybridized carbons (Fsp3) is 0.875. The molecule has 0 bridgehead atoms.